The molecule has 4 bridgehead atoms. The van der Waals surface area contributed by atoms with Gasteiger partial charge in [-0.05, 0) is 23.0 Å². The van der Waals surface area contributed by atoms with Crippen molar-refractivity contribution in [1.82, 2.24) is 9.80 Å². The van der Waals surface area contributed by atoms with E-state index >= 15 is 0 Å². The number of carbonyl (C=O) groups excluding carboxylic acids is 2. The van der Waals surface area contributed by atoms with E-state index in [9.17, 15) is 20.1 Å². The summed E-state index contributed by atoms with van der Waals surface area (Å²) in [5, 5.41) is 20.6. The monoisotopic (exact) mass is 360 g/mol. The van der Waals surface area contributed by atoms with E-state index in [0.717, 1.165) is 16.0 Å². The molecule has 1 saturated heterocycles. The van der Waals surface area contributed by atoms with E-state index in [1.54, 1.807) is 11.9 Å². The predicted octanol–water partition coefficient (Wildman–Crippen LogP) is 2.38. The van der Waals surface area contributed by atoms with Crippen LogP contribution in [0.15, 0.2) is 24.3 Å². The molecule has 6 rings (SSSR count). The number of nitrogens with zero attached hydrogens (tertiary/aromatic N) is 4. The minimum Gasteiger partial charge on any atom is -0.323 e. The van der Waals surface area contributed by atoms with Gasteiger partial charge in [0.1, 0.15) is 5.41 Å². The third kappa shape index (κ3) is 1.12. The van der Waals surface area contributed by atoms with Crippen LogP contribution in [0, 0.1) is 38.9 Å². The van der Waals surface area contributed by atoms with Crippen molar-refractivity contribution < 1.29 is 9.59 Å². The Bertz CT molecular complexity index is 1040. The summed E-state index contributed by atoms with van der Waals surface area (Å²) in [7, 11) is 3.20. The van der Waals surface area contributed by atoms with Gasteiger partial charge >= 0.3 is 6.03 Å². The normalized spacial score (nSPS) is 46.1. The van der Waals surface area contributed by atoms with Crippen LogP contribution in [0.5, 0.6) is 0 Å². The van der Waals surface area contributed by atoms with Gasteiger partial charge in [0.15, 0.2) is 0 Å². The quantitative estimate of drug-likeness (QED) is 0.710. The van der Waals surface area contributed by atoms with Gasteiger partial charge in [-0.25, -0.2) is 4.79 Å². The van der Waals surface area contributed by atoms with Crippen LogP contribution < -0.4 is 0 Å². The number of urea groups is 1. The second-order valence-corrected chi connectivity index (χ2v) is 8.94. The third-order valence-corrected chi connectivity index (χ3v) is 8.57. The first-order chi connectivity index (χ1) is 12.7. The molecular formula is C21H20N4O2. The summed E-state index contributed by atoms with van der Waals surface area (Å²) < 4.78 is 0. The first kappa shape index (κ1) is 16.3. The summed E-state index contributed by atoms with van der Waals surface area (Å²) >= 11 is 0. The Labute approximate surface area is 158 Å². The van der Waals surface area contributed by atoms with Crippen LogP contribution >= 0.6 is 0 Å². The molecule has 136 valence electrons. The maximum Gasteiger partial charge on any atom is 0.326 e. The Morgan fingerprint density at radius 2 is 1.81 bits per heavy atom. The van der Waals surface area contributed by atoms with Crippen molar-refractivity contribution in [3.8, 4) is 12.1 Å². The molecule has 6 unspecified atom stereocenters. The fraction of sp³-hybridized carbons (Fsp3) is 0.524. The number of hydrogen-bond acceptors (Lipinski definition) is 4. The van der Waals surface area contributed by atoms with Gasteiger partial charge in [-0.3, -0.25) is 9.69 Å². The molecule has 1 heterocycles. The van der Waals surface area contributed by atoms with Gasteiger partial charge in [-0.1, -0.05) is 38.1 Å². The first-order valence-electron chi connectivity index (χ1n) is 9.16. The van der Waals surface area contributed by atoms with E-state index in [1.807, 2.05) is 38.1 Å². The average molecular weight is 360 g/mol. The minimum absolute atomic E-state index is 0.285. The fourth-order valence-corrected chi connectivity index (χ4v) is 7.67. The van der Waals surface area contributed by atoms with Crippen LogP contribution in [-0.4, -0.2) is 41.9 Å². The van der Waals surface area contributed by atoms with Crippen molar-refractivity contribution in [2.24, 2.45) is 16.2 Å². The van der Waals surface area contributed by atoms with Crippen LogP contribution in [0.1, 0.15) is 37.3 Å². The maximum absolute atomic E-state index is 13.6. The molecule has 4 aliphatic carbocycles. The molecule has 0 aromatic heterocycles. The number of rotatable bonds is 0. The predicted molar refractivity (Wildman–Crippen MR) is 95.1 cm³/mol. The van der Waals surface area contributed by atoms with Gasteiger partial charge in [0.2, 0.25) is 5.91 Å². The summed E-state index contributed by atoms with van der Waals surface area (Å²) in [5.74, 6) is -0.710. The van der Waals surface area contributed by atoms with Crippen LogP contribution in [0.2, 0.25) is 0 Å². The van der Waals surface area contributed by atoms with Crippen LogP contribution in [0.25, 0.3) is 0 Å². The molecule has 3 amide bonds. The molecule has 6 atom stereocenters. The van der Waals surface area contributed by atoms with Crippen LogP contribution in [0.3, 0.4) is 0 Å². The number of hydrogen-bond donors (Lipinski definition) is 0. The Morgan fingerprint density at radius 3 is 2.44 bits per heavy atom. The highest BCUT2D eigenvalue weighted by atomic mass is 16.2. The summed E-state index contributed by atoms with van der Waals surface area (Å²) in [6, 6.07) is 11.9. The van der Waals surface area contributed by atoms with Crippen molar-refractivity contribution in [3.05, 3.63) is 35.4 Å². The minimum atomic E-state index is -1.04. The molecule has 0 radical (unpaired) electrons. The highest BCUT2D eigenvalue weighted by molar-refractivity contribution is 6.05. The van der Waals surface area contributed by atoms with Crippen LogP contribution in [-0.2, 0) is 10.2 Å². The zero-order valence-electron chi connectivity index (χ0n) is 15.8. The number of imide groups is 1. The van der Waals surface area contributed by atoms with Gasteiger partial charge in [-0.2, -0.15) is 10.5 Å². The molecule has 5 aliphatic rings. The van der Waals surface area contributed by atoms with Gasteiger partial charge < -0.3 is 4.90 Å². The van der Waals surface area contributed by atoms with Gasteiger partial charge in [-0.15, -0.1) is 0 Å². The molecule has 1 aliphatic heterocycles. The summed E-state index contributed by atoms with van der Waals surface area (Å²) in [6.07, 6.45) is 0.433. The zero-order valence-corrected chi connectivity index (χ0v) is 15.8. The van der Waals surface area contributed by atoms with Gasteiger partial charge in [0, 0.05) is 19.5 Å². The largest absolute Gasteiger partial charge is 0.326 e. The lowest BCUT2D eigenvalue weighted by molar-refractivity contribution is -0.196. The van der Waals surface area contributed by atoms with Crippen molar-refractivity contribution in [1.29, 1.82) is 10.5 Å². The van der Waals surface area contributed by atoms with E-state index in [4.69, 9.17) is 0 Å². The number of benzene rings is 1. The Balaban J connectivity index is 1.94. The zero-order chi connectivity index (χ0) is 19.6. The molecule has 0 N–H and O–H groups in total. The molecule has 1 spiro atoms. The SMILES string of the molecule is CN1C(=O)N(C)C2C3(CC4(C)C(C#N)c5ccccc5C3(C#N)C24C)C1=O. The van der Waals surface area contributed by atoms with E-state index in [-0.39, 0.29) is 18.0 Å². The topological polar surface area (TPSA) is 88.2 Å². The smallest absolute Gasteiger partial charge is 0.323 e. The third-order valence-electron chi connectivity index (χ3n) is 8.57. The van der Waals surface area contributed by atoms with E-state index in [0.29, 0.717) is 6.42 Å². The maximum atomic E-state index is 13.6. The number of carbonyl (C=O) groups is 2. The second-order valence-electron chi connectivity index (χ2n) is 8.94. The molecule has 6 heteroatoms. The molecule has 1 aromatic carbocycles. The first-order valence-corrected chi connectivity index (χ1v) is 9.16. The molecule has 6 nitrogen and oxygen atoms in total. The van der Waals surface area contributed by atoms with Gasteiger partial charge in [0.05, 0.1) is 29.5 Å². The molecule has 27 heavy (non-hydrogen) atoms. The highest BCUT2D eigenvalue weighted by Gasteiger charge is 2.96. The summed E-state index contributed by atoms with van der Waals surface area (Å²) in [5.41, 5.74) is -1.66. The molecule has 4 fully saturated rings. The molecular weight excluding hydrogens is 340 g/mol. The average Bonchev–Trinajstić information content (AvgIpc) is 2.95. The number of amides is 3. The standard InChI is InChI=1S/C21H20N4O2/c1-18-10-20-15(24(3)17(27)25(4)16(20)26)19(18,2)21(20,11-23)13-8-6-5-7-12(13)14(18)9-22/h5-8,14-15H,10H2,1-4H3. The second kappa shape index (κ2) is 4.17. The lowest BCUT2D eigenvalue weighted by Gasteiger charge is -2.72. The van der Waals surface area contributed by atoms with Crippen molar-refractivity contribution in [2.75, 3.05) is 14.1 Å². The van der Waals surface area contributed by atoms with Crippen LogP contribution in [0.4, 0.5) is 4.79 Å². The Kier molecular flexibility index (Phi) is 2.52. The summed E-state index contributed by atoms with van der Waals surface area (Å²) in [4.78, 5) is 29.0. The van der Waals surface area contributed by atoms with E-state index in [1.165, 1.54) is 7.05 Å². The van der Waals surface area contributed by atoms with Gasteiger partial charge in [0.25, 0.3) is 0 Å². The Hall–Kier alpha value is -2.86. The van der Waals surface area contributed by atoms with E-state index < -0.39 is 27.6 Å². The lowest BCUT2D eigenvalue weighted by Crippen LogP contribution is -2.85. The molecule has 1 aromatic rings. The van der Waals surface area contributed by atoms with E-state index in [2.05, 4.69) is 12.1 Å². The fourth-order valence-electron chi connectivity index (χ4n) is 7.67. The molecule has 3 saturated carbocycles. The van der Waals surface area contributed by atoms with Crippen molar-refractivity contribution in [3.63, 3.8) is 0 Å². The summed E-state index contributed by atoms with van der Waals surface area (Å²) in [6.45, 7) is 4.04. The lowest BCUT2D eigenvalue weighted by atomic mass is 9.32. The Morgan fingerprint density at radius 1 is 1.15 bits per heavy atom. The van der Waals surface area contributed by atoms with Crippen molar-refractivity contribution >= 4 is 11.9 Å². The van der Waals surface area contributed by atoms with Crippen molar-refractivity contribution in [2.45, 2.75) is 37.6 Å². The number of fused-ring (bicyclic) bond motifs is 1. The highest BCUT2D eigenvalue weighted by Crippen LogP contribution is 2.89. The number of nitriles is 2.